The van der Waals surface area contributed by atoms with Crippen molar-refractivity contribution in [2.45, 2.75) is 26.9 Å². The minimum absolute atomic E-state index is 0.00478. The first-order chi connectivity index (χ1) is 8.04. The summed E-state index contributed by atoms with van der Waals surface area (Å²) in [6.07, 6.45) is 0.00478. The number of carbonyl (C=O) groups is 1. The second kappa shape index (κ2) is 6.35. The molecule has 0 N–H and O–H groups in total. The smallest absolute Gasteiger partial charge is 0.252 e. The van der Waals surface area contributed by atoms with Crippen LogP contribution >= 0.6 is 0 Å². The van der Waals surface area contributed by atoms with Crippen molar-refractivity contribution in [1.29, 1.82) is 0 Å². The Morgan fingerprint density at radius 3 is 2.71 bits per heavy atom. The van der Waals surface area contributed by atoms with E-state index in [9.17, 15) is 9.18 Å². The summed E-state index contributed by atoms with van der Waals surface area (Å²) in [5, 5.41) is 0. The van der Waals surface area contributed by atoms with Gasteiger partial charge in [0.1, 0.15) is 12.4 Å². The van der Waals surface area contributed by atoms with Crippen molar-refractivity contribution in [2.75, 3.05) is 18.1 Å². The molecule has 0 aliphatic rings. The van der Waals surface area contributed by atoms with Gasteiger partial charge in [0, 0.05) is 12.2 Å². The molecule has 0 heterocycles. The van der Waals surface area contributed by atoms with Crippen LogP contribution in [0.2, 0.25) is 0 Å². The van der Waals surface area contributed by atoms with Gasteiger partial charge in [0.2, 0.25) is 0 Å². The van der Waals surface area contributed by atoms with E-state index in [-0.39, 0.29) is 24.4 Å². The minimum atomic E-state index is -0.349. The van der Waals surface area contributed by atoms with Crippen molar-refractivity contribution in [1.82, 2.24) is 0 Å². The van der Waals surface area contributed by atoms with Gasteiger partial charge in [-0.1, -0.05) is 6.07 Å². The summed E-state index contributed by atoms with van der Waals surface area (Å²) in [5.74, 6) is -0.509. The highest BCUT2D eigenvalue weighted by atomic mass is 19.1. The summed E-state index contributed by atoms with van der Waals surface area (Å²) in [4.78, 5) is 13.4. The zero-order valence-electron chi connectivity index (χ0n) is 10.4. The monoisotopic (exact) mass is 239 g/mol. The van der Waals surface area contributed by atoms with Crippen LogP contribution in [0.15, 0.2) is 24.3 Å². The Hall–Kier alpha value is -1.42. The molecule has 17 heavy (non-hydrogen) atoms. The molecule has 3 nitrogen and oxygen atoms in total. The lowest BCUT2D eigenvalue weighted by atomic mass is 10.2. The van der Waals surface area contributed by atoms with Gasteiger partial charge in [-0.15, -0.1) is 0 Å². The maximum absolute atomic E-state index is 13.1. The molecule has 0 aliphatic carbocycles. The molecule has 0 saturated carbocycles. The zero-order valence-corrected chi connectivity index (χ0v) is 10.4. The van der Waals surface area contributed by atoms with Crippen LogP contribution in [0.4, 0.5) is 10.1 Å². The summed E-state index contributed by atoms with van der Waals surface area (Å²) < 4.78 is 18.3. The third-order valence-electron chi connectivity index (χ3n) is 2.28. The highest BCUT2D eigenvalue weighted by molar-refractivity contribution is 5.94. The highest BCUT2D eigenvalue weighted by Crippen LogP contribution is 2.15. The standard InChI is InChI=1S/C13H18FNO2/c1-4-15(13(16)9-17-10(2)3)12-7-5-6-11(14)8-12/h5-8,10H,4,9H2,1-3H3. The second-order valence-corrected chi connectivity index (χ2v) is 3.98. The SMILES string of the molecule is CCN(C(=O)COC(C)C)c1cccc(F)c1. The van der Waals surface area contributed by atoms with Gasteiger partial charge < -0.3 is 9.64 Å². The van der Waals surface area contributed by atoms with Gasteiger partial charge in [0.05, 0.1) is 6.10 Å². The summed E-state index contributed by atoms with van der Waals surface area (Å²) in [6.45, 7) is 6.08. The summed E-state index contributed by atoms with van der Waals surface area (Å²) >= 11 is 0. The van der Waals surface area contributed by atoms with Crippen LogP contribution in [0.1, 0.15) is 20.8 Å². The van der Waals surface area contributed by atoms with E-state index in [4.69, 9.17) is 4.74 Å². The van der Waals surface area contributed by atoms with Gasteiger partial charge in [-0.2, -0.15) is 0 Å². The van der Waals surface area contributed by atoms with Crippen molar-refractivity contribution in [2.24, 2.45) is 0 Å². The van der Waals surface area contributed by atoms with Crippen molar-refractivity contribution >= 4 is 11.6 Å². The van der Waals surface area contributed by atoms with E-state index < -0.39 is 0 Å². The van der Waals surface area contributed by atoms with Crippen LogP contribution in [-0.2, 0) is 9.53 Å². The molecule has 0 aromatic heterocycles. The molecule has 1 aromatic carbocycles. The quantitative estimate of drug-likeness (QED) is 0.790. The number of amides is 1. The Morgan fingerprint density at radius 1 is 1.47 bits per heavy atom. The topological polar surface area (TPSA) is 29.5 Å². The lowest BCUT2D eigenvalue weighted by Gasteiger charge is -2.21. The first-order valence-electron chi connectivity index (χ1n) is 5.72. The summed E-state index contributed by atoms with van der Waals surface area (Å²) in [5.41, 5.74) is 0.560. The first-order valence-corrected chi connectivity index (χ1v) is 5.72. The fourth-order valence-electron chi connectivity index (χ4n) is 1.46. The highest BCUT2D eigenvalue weighted by Gasteiger charge is 2.14. The molecule has 1 amide bonds. The molecule has 0 bridgehead atoms. The average Bonchev–Trinajstić information content (AvgIpc) is 2.27. The molecule has 0 radical (unpaired) electrons. The summed E-state index contributed by atoms with van der Waals surface area (Å²) in [6, 6.07) is 5.99. The number of hydrogen-bond donors (Lipinski definition) is 0. The molecular weight excluding hydrogens is 221 g/mol. The molecule has 1 aromatic rings. The Morgan fingerprint density at radius 2 is 2.18 bits per heavy atom. The molecular formula is C13H18FNO2. The van der Waals surface area contributed by atoms with Crippen LogP contribution in [0.3, 0.4) is 0 Å². The third kappa shape index (κ3) is 4.15. The van der Waals surface area contributed by atoms with Gasteiger partial charge in [0.25, 0.3) is 5.91 Å². The maximum Gasteiger partial charge on any atom is 0.252 e. The molecule has 0 unspecified atom stereocenters. The van der Waals surface area contributed by atoms with Crippen LogP contribution in [0, 0.1) is 5.82 Å². The Labute approximate surface area is 101 Å². The Bertz CT molecular complexity index is 379. The number of benzene rings is 1. The molecule has 0 aliphatic heterocycles. The lowest BCUT2D eigenvalue weighted by Crippen LogP contribution is -2.34. The van der Waals surface area contributed by atoms with Crippen molar-refractivity contribution in [3.63, 3.8) is 0 Å². The predicted molar refractivity (Wildman–Crippen MR) is 65.5 cm³/mol. The molecule has 0 atom stereocenters. The van der Waals surface area contributed by atoms with Crippen LogP contribution in [0.25, 0.3) is 0 Å². The van der Waals surface area contributed by atoms with Gasteiger partial charge >= 0.3 is 0 Å². The molecule has 1 rings (SSSR count). The van der Waals surface area contributed by atoms with E-state index in [1.807, 2.05) is 20.8 Å². The predicted octanol–water partition coefficient (Wildman–Crippen LogP) is 2.60. The number of likely N-dealkylation sites (N-methyl/N-ethyl adjacent to an activating group) is 1. The number of nitrogens with zero attached hydrogens (tertiary/aromatic N) is 1. The minimum Gasteiger partial charge on any atom is -0.369 e. The molecule has 0 spiro atoms. The number of ether oxygens (including phenoxy) is 1. The fourth-order valence-corrected chi connectivity index (χ4v) is 1.46. The Balaban J connectivity index is 2.74. The van der Waals surface area contributed by atoms with E-state index in [0.717, 1.165) is 0 Å². The molecule has 94 valence electrons. The number of anilines is 1. The second-order valence-electron chi connectivity index (χ2n) is 3.98. The van der Waals surface area contributed by atoms with Gasteiger partial charge in [0.15, 0.2) is 0 Å². The van der Waals surface area contributed by atoms with Gasteiger partial charge in [-0.05, 0) is 39.0 Å². The van der Waals surface area contributed by atoms with E-state index in [2.05, 4.69) is 0 Å². The number of carbonyl (C=O) groups excluding carboxylic acids is 1. The van der Waals surface area contributed by atoms with E-state index in [0.29, 0.717) is 12.2 Å². The lowest BCUT2D eigenvalue weighted by molar-refractivity contribution is -0.124. The van der Waals surface area contributed by atoms with E-state index in [1.165, 1.54) is 17.0 Å². The van der Waals surface area contributed by atoms with E-state index in [1.54, 1.807) is 12.1 Å². The zero-order chi connectivity index (χ0) is 12.8. The number of rotatable bonds is 5. The fraction of sp³-hybridized carbons (Fsp3) is 0.462. The molecule has 4 heteroatoms. The van der Waals surface area contributed by atoms with Crippen LogP contribution in [-0.4, -0.2) is 25.2 Å². The van der Waals surface area contributed by atoms with Crippen LogP contribution < -0.4 is 4.90 Å². The normalized spacial score (nSPS) is 10.6. The van der Waals surface area contributed by atoms with Crippen molar-refractivity contribution in [3.8, 4) is 0 Å². The van der Waals surface area contributed by atoms with Crippen molar-refractivity contribution in [3.05, 3.63) is 30.1 Å². The molecule has 0 fully saturated rings. The van der Waals surface area contributed by atoms with Gasteiger partial charge in [-0.25, -0.2) is 4.39 Å². The van der Waals surface area contributed by atoms with Crippen LogP contribution in [0.5, 0.6) is 0 Å². The maximum atomic E-state index is 13.1. The van der Waals surface area contributed by atoms with E-state index >= 15 is 0 Å². The number of halogens is 1. The van der Waals surface area contributed by atoms with Gasteiger partial charge in [-0.3, -0.25) is 4.79 Å². The summed E-state index contributed by atoms with van der Waals surface area (Å²) in [7, 11) is 0. The largest absolute Gasteiger partial charge is 0.369 e. The van der Waals surface area contributed by atoms with Crippen molar-refractivity contribution < 1.29 is 13.9 Å². The third-order valence-corrected chi connectivity index (χ3v) is 2.28. The number of hydrogen-bond acceptors (Lipinski definition) is 2. The molecule has 0 saturated heterocycles. The average molecular weight is 239 g/mol. The Kier molecular flexibility index (Phi) is 5.10. The first kappa shape index (κ1) is 13.6.